The molecule has 1 aliphatic heterocycles. The quantitative estimate of drug-likeness (QED) is 0.617. The Morgan fingerprint density at radius 3 is 2.84 bits per heavy atom. The Morgan fingerprint density at radius 1 is 1.29 bits per heavy atom. The highest BCUT2D eigenvalue weighted by atomic mass is 16.5. The van der Waals surface area contributed by atoms with Crippen LogP contribution in [0.2, 0.25) is 0 Å². The molecule has 3 aromatic rings. The largest absolute Gasteiger partial charge is 0.482 e. The lowest BCUT2D eigenvalue weighted by Crippen LogP contribution is -2.39. The highest BCUT2D eigenvalue weighted by Gasteiger charge is 2.28. The molecule has 162 valence electrons. The molecule has 0 aliphatic carbocycles. The van der Waals surface area contributed by atoms with Gasteiger partial charge in [0.25, 0.3) is 11.8 Å². The molecule has 0 fully saturated rings. The van der Waals surface area contributed by atoms with Gasteiger partial charge in [0.05, 0.1) is 12.0 Å². The Morgan fingerprint density at radius 2 is 2.13 bits per heavy atom. The highest BCUT2D eigenvalue weighted by molar-refractivity contribution is 5.98. The second-order valence-corrected chi connectivity index (χ2v) is 7.65. The van der Waals surface area contributed by atoms with Gasteiger partial charge < -0.3 is 23.9 Å². The van der Waals surface area contributed by atoms with Crippen LogP contribution in [0.1, 0.15) is 49.7 Å². The van der Waals surface area contributed by atoms with E-state index in [1.165, 1.54) is 6.26 Å². The molecule has 4 rings (SSSR count). The average molecular weight is 424 g/mol. The minimum atomic E-state index is -0.488. The second kappa shape index (κ2) is 8.63. The maximum absolute atomic E-state index is 12.4. The maximum atomic E-state index is 12.4. The van der Waals surface area contributed by atoms with Crippen LogP contribution in [-0.2, 0) is 4.79 Å². The van der Waals surface area contributed by atoms with Crippen molar-refractivity contribution in [2.24, 2.45) is 5.92 Å². The molecule has 0 unspecified atom stereocenters. The minimum absolute atomic E-state index is 0.00168. The van der Waals surface area contributed by atoms with Crippen molar-refractivity contribution in [2.45, 2.75) is 33.2 Å². The van der Waals surface area contributed by atoms with Crippen molar-refractivity contribution < 1.29 is 23.3 Å². The Kier molecular flexibility index (Phi) is 5.75. The Hall–Kier alpha value is -3.62. The van der Waals surface area contributed by atoms with Gasteiger partial charge in [-0.05, 0) is 42.7 Å². The first-order chi connectivity index (χ1) is 15.0. The maximum Gasteiger partial charge on any atom is 0.287 e. The number of amides is 2. The molecule has 1 atom stereocenters. The number of rotatable bonds is 7. The molecule has 31 heavy (non-hydrogen) atoms. The van der Waals surface area contributed by atoms with Gasteiger partial charge in [-0.15, -0.1) is 0 Å². The summed E-state index contributed by atoms with van der Waals surface area (Å²) in [6, 6.07) is 8.19. The van der Waals surface area contributed by atoms with E-state index in [1.807, 2.05) is 32.9 Å². The van der Waals surface area contributed by atoms with Crippen molar-refractivity contribution in [1.82, 2.24) is 15.5 Å². The summed E-state index contributed by atoms with van der Waals surface area (Å²) in [7, 11) is 0. The summed E-state index contributed by atoms with van der Waals surface area (Å²) in [6.45, 7) is 6.54. The first-order valence-electron chi connectivity index (χ1n) is 10.2. The van der Waals surface area contributed by atoms with Crippen LogP contribution in [0.5, 0.6) is 5.75 Å². The molecule has 1 N–H and O–H groups in total. The molecule has 1 aliphatic rings. The number of carbonyl (C=O) groups is 2. The molecule has 0 radical (unpaired) electrons. The first kappa shape index (κ1) is 20.6. The summed E-state index contributed by atoms with van der Waals surface area (Å²) in [5.41, 5.74) is 1.38. The molecule has 2 aromatic heterocycles. The number of hydrogen-bond acceptors (Lipinski definition) is 7. The smallest absolute Gasteiger partial charge is 0.287 e. The van der Waals surface area contributed by atoms with E-state index in [0.29, 0.717) is 35.3 Å². The van der Waals surface area contributed by atoms with Crippen LogP contribution in [0.25, 0.3) is 11.4 Å². The summed E-state index contributed by atoms with van der Waals surface area (Å²) in [6.07, 6.45) is 2.27. The van der Waals surface area contributed by atoms with Crippen molar-refractivity contribution in [3.8, 4) is 17.1 Å². The van der Waals surface area contributed by atoms with E-state index >= 15 is 0 Å². The number of furan rings is 1. The molecular formula is C22H24N4O5. The standard InChI is InChI=1S/C22H24N4O5/c1-4-9-26-15-11-14(7-8-16(15)30-12-18(26)27)20-24-22(31-25-20)19(13(2)3)23-21(28)17-6-5-10-29-17/h5-8,10-11,13,19H,4,9,12H2,1-3H3,(H,23,28)/t19-/m1/s1. The molecule has 0 spiro atoms. The van der Waals surface area contributed by atoms with Crippen molar-refractivity contribution in [3.05, 3.63) is 48.2 Å². The number of fused-ring (bicyclic) bond motifs is 1. The number of ether oxygens (including phenoxy) is 1. The Bertz CT molecular complexity index is 1070. The third-order valence-electron chi connectivity index (χ3n) is 5.01. The van der Waals surface area contributed by atoms with Gasteiger partial charge in [0.2, 0.25) is 11.7 Å². The SMILES string of the molecule is CCCN1C(=O)COc2ccc(-c3noc([C@H](NC(=O)c4ccco4)C(C)C)n3)cc21. The van der Waals surface area contributed by atoms with Crippen LogP contribution >= 0.6 is 0 Å². The molecule has 0 bridgehead atoms. The number of carbonyl (C=O) groups excluding carboxylic acids is 2. The van der Waals surface area contributed by atoms with Gasteiger partial charge >= 0.3 is 0 Å². The summed E-state index contributed by atoms with van der Waals surface area (Å²) in [5.74, 6) is 1.07. The van der Waals surface area contributed by atoms with E-state index in [1.54, 1.807) is 23.1 Å². The Labute approximate surface area is 179 Å². The van der Waals surface area contributed by atoms with Crippen molar-refractivity contribution in [1.29, 1.82) is 0 Å². The third kappa shape index (κ3) is 4.16. The normalized spacial score (nSPS) is 14.3. The topological polar surface area (TPSA) is 111 Å². The van der Waals surface area contributed by atoms with Gasteiger partial charge in [-0.2, -0.15) is 4.98 Å². The number of nitrogens with one attached hydrogen (secondary N) is 1. The summed E-state index contributed by atoms with van der Waals surface area (Å²) >= 11 is 0. The van der Waals surface area contributed by atoms with Gasteiger partial charge in [0.1, 0.15) is 11.8 Å². The fraction of sp³-hybridized carbons (Fsp3) is 0.364. The van der Waals surface area contributed by atoms with E-state index in [-0.39, 0.29) is 30.1 Å². The van der Waals surface area contributed by atoms with Crippen molar-refractivity contribution >= 4 is 17.5 Å². The lowest BCUT2D eigenvalue weighted by atomic mass is 10.0. The summed E-state index contributed by atoms with van der Waals surface area (Å²) in [4.78, 5) is 30.9. The minimum Gasteiger partial charge on any atom is -0.482 e. The second-order valence-electron chi connectivity index (χ2n) is 7.65. The number of benzene rings is 1. The van der Waals surface area contributed by atoms with Gasteiger partial charge in [0, 0.05) is 12.1 Å². The van der Waals surface area contributed by atoms with Crippen molar-refractivity contribution in [3.63, 3.8) is 0 Å². The molecule has 2 amide bonds. The molecule has 0 saturated heterocycles. The van der Waals surface area contributed by atoms with E-state index in [2.05, 4.69) is 15.5 Å². The van der Waals surface area contributed by atoms with Gasteiger partial charge in [-0.25, -0.2) is 0 Å². The predicted molar refractivity (Wildman–Crippen MR) is 112 cm³/mol. The molecule has 3 heterocycles. The zero-order valence-electron chi connectivity index (χ0n) is 17.6. The van der Waals surface area contributed by atoms with Crippen LogP contribution < -0.4 is 15.0 Å². The number of anilines is 1. The molecule has 9 nitrogen and oxygen atoms in total. The Balaban J connectivity index is 1.60. The van der Waals surface area contributed by atoms with E-state index in [4.69, 9.17) is 13.7 Å². The molecule has 1 aromatic carbocycles. The molecule has 9 heteroatoms. The van der Waals surface area contributed by atoms with Gasteiger partial charge in [-0.1, -0.05) is 25.9 Å². The summed E-state index contributed by atoms with van der Waals surface area (Å²) < 4.78 is 16.2. The van der Waals surface area contributed by atoms with E-state index in [9.17, 15) is 9.59 Å². The first-order valence-corrected chi connectivity index (χ1v) is 10.2. The van der Waals surface area contributed by atoms with E-state index < -0.39 is 6.04 Å². The average Bonchev–Trinajstić information content (AvgIpc) is 3.46. The highest BCUT2D eigenvalue weighted by Crippen LogP contribution is 2.36. The predicted octanol–water partition coefficient (Wildman–Crippen LogP) is 3.59. The fourth-order valence-corrected chi connectivity index (χ4v) is 3.42. The lowest BCUT2D eigenvalue weighted by Gasteiger charge is -2.29. The van der Waals surface area contributed by atoms with E-state index in [0.717, 1.165) is 6.42 Å². The fourth-order valence-electron chi connectivity index (χ4n) is 3.42. The van der Waals surface area contributed by atoms with Crippen LogP contribution in [0, 0.1) is 5.92 Å². The lowest BCUT2D eigenvalue weighted by molar-refractivity contribution is -0.121. The third-order valence-corrected chi connectivity index (χ3v) is 5.01. The zero-order chi connectivity index (χ0) is 22.0. The van der Waals surface area contributed by atoms with Gasteiger partial charge in [-0.3, -0.25) is 9.59 Å². The van der Waals surface area contributed by atoms with Gasteiger partial charge in [0.15, 0.2) is 12.4 Å². The monoisotopic (exact) mass is 424 g/mol. The zero-order valence-corrected chi connectivity index (χ0v) is 17.6. The van der Waals surface area contributed by atoms with Crippen LogP contribution in [-0.4, -0.2) is 35.1 Å². The van der Waals surface area contributed by atoms with Crippen molar-refractivity contribution in [2.75, 3.05) is 18.1 Å². The number of aromatic nitrogens is 2. The molecule has 0 saturated carbocycles. The van der Waals surface area contributed by atoms with Crippen LogP contribution in [0.15, 0.2) is 45.5 Å². The number of nitrogens with zero attached hydrogens (tertiary/aromatic N) is 3. The van der Waals surface area contributed by atoms with Crippen LogP contribution in [0.3, 0.4) is 0 Å². The summed E-state index contributed by atoms with van der Waals surface area (Å²) in [5, 5.41) is 6.97. The number of hydrogen-bond donors (Lipinski definition) is 1. The molecular weight excluding hydrogens is 400 g/mol. The van der Waals surface area contributed by atoms with Crippen LogP contribution in [0.4, 0.5) is 5.69 Å².